The highest BCUT2D eigenvalue weighted by atomic mass is 31.2. The highest BCUT2D eigenvalue weighted by Gasteiger charge is 2.27. The average molecular weight is 883 g/mol. The van der Waals surface area contributed by atoms with Gasteiger partial charge in [-0.1, -0.05) is 155 Å². The van der Waals surface area contributed by atoms with Crippen molar-refractivity contribution in [2.24, 2.45) is 0 Å². The van der Waals surface area contributed by atoms with Crippen LogP contribution in [-0.2, 0) is 32.7 Å². The Morgan fingerprint density at radius 2 is 0.952 bits per heavy atom. The van der Waals surface area contributed by atoms with E-state index in [-0.39, 0.29) is 26.1 Å². The predicted molar refractivity (Wildman–Crippen MR) is 261 cm³/mol. The monoisotopic (exact) mass is 883 g/mol. The summed E-state index contributed by atoms with van der Waals surface area (Å²) in [5.41, 5.74) is 0. The molecular weight excluding hydrogens is 798 g/mol. The first-order chi connectivity index (χ1) is 30.0. The Labute approximate surface area is 378 Å². The number of carbonyl (C=O) groups excluding carboxylic acids is 2. The van der Waals surface area contributed by atoms with Crippen LogP contribution in [0.3, 0.4) is 0 Å². The van der Waals surface area contributed by atoms with Crippen LogP contribution in [0, 0.1) is 0 Å². The topological polar surface area (TPSA) is 108 Å². The maximum Gasteiger partial charge on any atom is 0.472 e. The summed E-state index contributed by atoms with van der Waals surface area (Å²) >= 11 is 0. The van der Waals surface area contributed by atoms with Gasteiger partial charge in [-0.05, 0) is 96.3 Å². The van der Waals surface area contributed by atoms with Crippen LogP contribution in [0.15, 0.2) is 122 Å². The number of phosphoric acid groups is 1. The highest BCUT2D eigenvalue weighted by molar-refractivity contribution is 7.47. The molecule has 0 fully saturated rings. The Bertz CT molecular complexity index is 1460. The number of likely N-dealkylation sites (N-methyl/N-ethyl adjacent to an activating group) is 1. The number of phosphoric ester groups is 1. The molecule has 0 aliphatic carbocycles. The Morgan fingerprint density at radius 3 is 1.40 bits per heavy atom. The fraction of sp³-hybridized carbons (Fsp3) is 0.577. The molecule has 0 saturated carbocycles. The summed E-state index contributed by atoms with van der Waals surface area (Å²) in [6.45, 7) is 4.12. The average Bonchev–Trinajstić information content (AvgIpc) is 3.23. The molecule has 10 heteroatoms. The van der Waals surface area contributed by atoms with Gasteiger partial charge in [-0.3, -0.25) is 18.6 Å². The molecule has 0 heterocycles. The molecule has 62 heavy (non-hydrogen) atoms. The standard InChI is InChI=1S/C52H84NO8P/c1-6-8-10-12-14-16-18-20-22-24-26-28-30-32-34-36-38-40-42-44-51(54)58-48-50(49-60-62(56,57)59-47-46-53(3,4)5)61-52(55)45-43-41-39-37-35-33-31-29-27-25-23-21-19-17-15-13-11-9-7-2/h9,11,14-17,20-23,26-29,32-35,38,40,50H,6-8,10,12-13,18-19,24-25,30-31,36-37,39,41-49H2,1-5H3/p+1/b11-9-,16-14-,17-15-,22-20-,23-21-,28-26-,29-27-,34-32-,35-33-,40-38-/t50-/m1/s1. The van der Waals surface area contributed by atoms with Crippen molar-refractivity contribution < 1.29 is 42.1 Å². The lowest BCUT2D eigenvalue weighted by Crippen LogP contribution is -2.37. The van der Waals surface area contributed by atoms with Crippen molar-refractivity contribution in [2.45, 2.75) is 148 Å². The second-order valence-electron chi connectivity index (χ2n) is 16.0. The third-order valence-electron chi connectivity index (χ3n) is 8.99. The van der Waals surface area contributed by atoms with E-state index in [1.165, 1.54) is 25.7 Å². The van der Waals surface area contributed by atoms with Crippen molar-refractivity contribution in [3.05, 3.63) is 122 Å². The van der Waals surface area contributed by atoms with Crippen LogP contribution in [0.4, 0.5) is 0 Å². The Kier molecular flexibility index (Phi) is 40.2. The van der Waals surface area contributed by atoms with Crippen LogP contribution >= 0.6 is 7.82 Å². The van der Waals surface area contributed by atoms with E-state index in [2.05, 4.69) is 123 Å². The third-order valence-corrected chi connectivity index (χ3v) is 9.97. The zero-order valence-corrected chi connectivity index (χ0v) is 40.2. The quantitative estimate of drug-likeness (QED) is 0.0213. The Hall–Kier alpha value is -3.59. The largest absolute Gasteiger partial charge is 0.472 e. The van der Waals surface area contributed by atoms with Crippen molar-refractivity contribution >= 4 is 19.8 Å². The molecule has 0 radical (unpaired) electrons. The Morgan fingerprint density at radius 1 is 0.516 bits per heavy atom. The number of ether oxygens (including phenoxy) is 2. The van der Waals surface area contributed by atoms with Crippen molar-refractivity contribution in [1.82, 2.24) is 0 Å². The second kappa shape index (κ2) is 42.7. The summed E-state index contributed by atoms with van der Waals surface area (Å²) in [5.74, 6) is -0.946. The van der Waals surface area contributed by atoms with E-state index in [9.17, 15) is 19.0 Å². The molecule has 0 saturated heterocycles. The number of quaternary nitrogens is 1. The van der Waals surface area contributed by atoms with Gasteiger partial charge in [0, 0.05) is 12.8 Å². The molecule has 0 amide bonds. The molecule has 1 unspecified atom stereocenters. The normalized spacial score (nSPS) is 14.6. The van der Waals surface area contributed by atoms with E-state index in [4.69, 9.17) is 18.5 Å². The maximum absolute atomic E-state index is 12.7. The second-order valence-corrected chi connectivity index (χ2v) is 17.5. The van der Waals surface area contributed by atoms with Gasteiger partial charge in [0.1, 0.15) is 19.8 Å². The maximum atomic E-state index is 12.7. The minimum atomic E-state index is -4.41. The van der Waals surface area contributed by atoms with Gasteiger partial charge in [0.2, 0.25) is 0 Å². The molecule has 9 nitrogen and oxygen atoms in total. The molecule has 350 valence electrons. The van der Waals surface area contributed by atoms with E-state index in [1.54, 1.807) is 0 Å². The van der Waals surface area contributed by atoms with E-state index in [1.807, 2.05) is 33.3 Å². The number of carbonyl (C=O) groups is 2. The molecule has 0 aliphatic heterocycles. The van der Waals surface area contributed by atoms with Crippen LogP contribution < -0.4 is 0 Å². The van der Waals surface area contributed by atoms with Crippen molar-refractivity contribution in [1.29, 1.82) is 0 Å². The van der Waals surface area contributed by atoms with Gasteiger partial charge in [-0.2, -0.15) is 0 Å². The number of nitrogens with zero attached hydrogens (tertiary/aromatic N) is 1. The number of esters is 2. The lowest BCUT2D eigenvalue weighted by atomic mass is 10.1. The minimum Gasteiger partial charge on any atom is -0.462 e. The molecule has 0 spiro atoms. The summed E-state index contributed by atoms with van der Waals surface area (Å²) < 4.78 is 34.2. The Balaban J connectivity index is 4.54. The van der Waals surface area contributed by atoms with E-state index < -0.39 is 32.5 Å². The number of allylic oxidation sites excluding steroid dienone is 20. The summed E-state index contributed by atoms with van der Waals surface area (Å²) in [4.78, 5) is 35.4. The number of rotatable bonds is 40. The molecule has 2 atom stereocenters. The molecule has 1 N–H and O–H groups in total. The van der Waals surface area contributed by atoms with Crippen LogP contribution in [0.2, 0.25) is 0 Å². The summed E-state index contributed by atoms with van der Waals surface area (Å²) in [7, 11) is 1.39. The lowest BCUT2D eigenvalue weighted by molar-refractivity contribution is -0.870. The summed E-state index contributed by atoms with van der Waals surface area (Å²) in [6.07, 6.45) is 59.8. The molecule has 0 rings (SSSR count). The SMILES string of the molecule is CC/C=C\C/C=C\C/C=C\C/C=C\C/C=C\CCCCCC(=O)O[C@H](COC(=O)CC/C=C\C/C=C\C/C=C\C/C=C\C/C=C\CCCCC)COP(=O)(O)OCC[N+](C)(C)C. The first-order valence-electron chi connectivity index (χ1n) is 23.3. The smallest absolute Gasteiger partial charge is 0.462 e. The molecule has 0 aliphatic rings. The van der Waals surface area contributed by atoms with Gasteiger partial charge >= 0.3 is 19.8 Å². The molecular formula is C52H85NO8P+. The first kappa shape index (κ1) is 58.4. The minimum absolute atomic E-state index is 0.00622. The van der Waals surface area contributed by atoms with Crippen LogP contribution in [0.5, 0.6) is 0 Å². The summed E-state index contributed by atoms with van der Waals surface area (Å²) in [6, 6.07) is 0. The van der Waals surface area contributed by atoms with Crippen LogP contribution in [-0.4, -0.2) is 74.9 Å². The van der Waals surface area contributed by atoms with Gasteiger partial charge in [-0.25, -0.2) is 4.57 Å². The molecule has 0 aromatic carbocycles. The summed E-state index contributed by atoms with van der Waals surface area (Å²) in [5, 5.41) is 0. The van der Waals surface area contributed by atoms with E-state index >= 15 is 0 Å². The number of hydrogen-bond acceptors (Lipinski definition) is 7. The molecule has 0 aromatic heterocycles. The van der Waals surface area contributed by atoms with E-state index in [0.29, 0.717) is 23.9 Å². The fourth-order valence-electron chi connectivity index (χ4n) is 5.37. The zero-order valence-electron chi connectivity index (χ0n) is 39.3. The van der Waals surface area contributed by atoms with Gasteiger partial charge in [-0.15, -0.1) is 0 Å². The van der Waals surface area contributed by atoms with Gasteiger partial charge in [0.25, 0.3) is 0 Å². The third kappa shape index (κ3) is 45.9. The predicted octanol–water partition coefficient (Wildman–Crippen LogP) is 13.7. The van der Waals surface area contributed by atoms with Gasteiger partial charge in [0.15, 0.2) is 6.10 Å². The van der Waals surface area contributed by atoms with Crippen LogP contribution in [0.25, 0.3) is 0 Å². The molecule has 0 aromatic rings. The van der Waals surface area contributed by atoms with Gasteiger partial charge < -0.3 is 18.9 Å². The van der Waals surface area contributed by atoms with Gasteiger partial charge in [0.05, 0.1) is 27.7 Å². The van der Waals surface area contributed by atoms with Crippen molar-refractivity contribution in [3.63, 3.8) is 0 Å². The number of unbranched alkanes of at least 4 members (excludes halogenated alkanes) is 6. The van der Waals surface area contributed by atoms with Crippen molar-refractivity contribution in [3.8, 4) is 0 Å². The van der Waals surface area contributed by atoms with E-state index in [0.717, 1.165) is 77.0 Å². The highest BCUT2D eigenvalue weighted by Crippen LogP contribution is 2.43. The van der Waals surface area contributed by atoms with Crippen LogP contribution in [0.1, 0.15) is 142 Å². The fourth-order valence-corrected chi connectivity index (χ4v) is 6.12. The lowest BCUT2D eigenvalue weighted by Gasteiger charge is -2.24. The zero-order chi connectivity index (χ0) is 45.7. The molecule has 0 bridgehead atoms. The first-order valence-corrected chi connectivity index (χ1v) is 24.8. The van der Waals surface area contributed by atoms with Crippen molar-refractivity contribution in [2.75, 3.05) is 47.5 Å². The number of hydrogen-bond donors (Lipinski definition) is 1.